The Morgan fingerprint density at radius 3 is 1.57 bits per heavy atom. The van der Waals surface area contributed by atoms with Crippen molar-refractivity contribution >= 4 is 20.9 Å². The minimum absolute atomic E-state index is 0. The van der Waals surface area contributed by atoms with Crippen molar-refractivity contribution in [3.63, 3.8) is 0 Å². The molecule has 0 amide bonds. The van der Waals surface area contributed by atoms with Gasteiger partial charge in [0.2, 0.25) is 0 Å². The molecule has 192 valence electrons. The van der Waals surface area contributed by atoms with Gasteiger partial charge >= 0.3 is 29.6 Å². The van der Waals surface area contributed by atoms with Crippen molar-refractivity contribution in [2.24, 2.45) is 0 Å². The molecule has 2 aromatic carbocycles. The first kappa shape index (κ1) is 32.6. The molecule has 2 rings (SSSR count). The maximum absolute atomic E-state index is 11.8. The van der Waals surface area contributed by atoms with Crippen molar-refractivity contribution in [3.8, 4) is 0 Å². The minimum atomic E-state index is -4.46. The van der Waals surface area contributed by atoms with E-state index in [1.807, 2.05) is 12.1 Å². The molecule has 0 saturated heterocycles. The van der Waals surface area contributed by atoms with Crippen molar-refractivity contribution in [2.45, 2.75) is 134 Å². The summed E-state index contributed by atoms with van der Waals surface area (Å²) in [7, 11) is -4.46. The molecule has 2 aromatic rings. The van der Waals surface area contributed by atoms with E-state index in [0.717, 1.165) is 43.1 Å². The summed E-state index contributed by atoms with van der Waals surface area (Å²) < 4.78 is 35.4. The first-order chi connectivity index (χ1) is 16.5. The summed E-state index contributed by atoms with van der Waals surface area (Å²) in [5.74, 6) is 0. The van der Waals surface area contributed by atoms with Crippen LogP contribution in [-0.4, -0.2) is 13.0 Å². The van der Waals surface area contributed by atoms with E-state index in [1.165, 1.54) is 94.4 Å². The van der Waals surface area contributed by atoms with Crippen LogP contribution in [0.15, 0.2) is 35.2 Å². The van der Waals surface area contributed by atoms with E-state index in [9.17, 15) is 13.0 Å². The molecule has 0 radical (unpaired) electrons. The van der Waals surface area contributed by atoms with Crippen molar-refractivity contribution in [2.75, 3.05) is 0 Å². The average Bonchev–Trinajstić information content (AvgIpc) is 2.81. The number of fused-ring (bicyclic) bond motifs is 1. The summed E-state index contributed by atoms with van der Waals surface area (Å²) >= 11 is 0. The number of aryl methyl sites for hydroxylation is 2. The van der Waals surface area contributed by atoms with Gasteiger partial charge < -0.3 is 4.55 Å². The second kappa shape index (κ2) is 18.8. The van der Waals surface area contributed by atoms with Crippen molar-refractivity contribution in [1.29, 1.82) is 0 Å². The standard InChI is InChI=1S/C30H48O3S.Na/c1-3-5-7-9-11-13-15-17-20-26-22-19-23-28-25-29(34(31,32)33)24-27(30(26)28)21-18-16-14-12-10-8-6-4-2;/h19,22-25H,3-18,20-21H2,1-2H3,(H,31,32,33);/q;+1/p-1. The molecule has 0 heterocycles. The molecule has 0 bridgehead atoms. The van der Waals surface area contributed by atoms with Gasteiger partial charge in [-0.2, -0.15) is 0 Å². The molecule has 0 N–H and O–H groups in total. The molecule has 0 spiro atoms. The van der Waals surface area contributed by atoms with E-state index in [2.05, 4.69) is 19.9 Å². The maximum atomic E-state index is 11.8. The van der Waals surface area contributed by atoms with E-state index >= 15 is 0 Å². The second-order valence-corrected chi connectivity index (χ2v) is 11.4. The largest absolute Gasteiger partial charge is 1.00 e. The Labute approximate surface area is 237 Å². The molecule has 35 heavy (non-hydrogen) atoms. The third-order valence-electron chi connectivity index (χ3n) is 7.01. The zero-order chi connectivity index (χ0) is 24.7. The van der Waals surface area contributed by atoms with Gasteiger partial charge in [-0.3, -0.25) is 0 Å². The molecular weight excluding hydrogens is 463 g/mol. The van der Waals surface area contributed by atoms with E-state index in [1.54, 1.807) is 12.1 Å². The minimum Gasteiger partial charge on any atom is -0.744 e. The van der Waals surface area contributed by atoms with E-state index in [4.69, 9.17) is 0 Å². The molecule has 0 aliphatic rings. The van der Waals surface area contributed by atoms with Gasteiger partial charge in [0.15, 0.2) is 0 Å². The quantitative estimate of drug-likeness (QED) is 0.130. The van der Waals surface area contributed by atoms with Crippen LogP contribution in [0.5, 0.6) is 0 Å². The van der Waals surface area contributed by atoms with Gasteiger partial charge in [0, 0.05) is 0 Å². The Bertz CT molecular complexity index is 940. The van der Waals surface area contributed by atoms with Crippen LogP contribution < -0.4 is 29.6 Å². The van der Waals surface area contributed by atoms with Gasteiger partial charge in [-0.15, -0.1) is 0 Å². The summed E-state index contributed by atoms with van der Waals surface area (Å²) in [5, 5.41) is 2.07. The smallest absolute Gasteiger partial charge is 0.744 e. The number of rotatable bonds is 19. The van der Waals surface area contributed by atoms with E-state index in [-0.39, 0.29) is 34.5 Å². The van der Waals surface area contributed by atoms with Crippen LogP contribution in [0.4, 0.5) is 0 Å². The fourth-order valence-electron chi connectivity index (χ4n) is 5.02. The van der Waals surface area contributed by atoms with Crippen LogP contribution in [0.2, 0.25) is 0 Å². The Balaban J connectivity index is 0.00000612. The topological polar surface area (TPSA) is 57.2 Å². The number of benzene rings is 2. The normalized spacial score (nSPS) is 11.6. The summed E-state index contributed by atoms with van der Waals surface area (Å²) in [6, 6.07) is 9.38. The number of hydrogen-bond acceptors (Lipinski definition) is 3. The fraction of sp³-hybridized carbons (Fsp3) is 0.667. The number of unbranched alkanes of at least 4 members (excludes halogenated alkanes) is 14. The Kier molecular flexibility index (Phi) is 17.5. The second-order valence-electron chi connectivity index (χ2n) is 10.0. The molecule has 0 unspecified atom stereocenters. The summed E-state index contributed by atoms with van der Waals surface area (Å²) in [6.45, 7) is 4.49. The SMILES string of the molecule is CCCCCCCCCCc1cccc2cc(S(=O)(=O)[O-])cc(CCCCCCCCCC)c12.[Na+]. The zero-order valence-electron chi connectivity index (χ0n) is 22.7. The Hall–Kier alpha value is -0.390. The van der Waals surface area contributed by atoms with Gasteiger partial charge in [0.05, 0.1) is 4.90 Å². The molecule has 0 aliphatic carbocycles. The van der Waals surface area contributed by atoms with Gasteiger partial charge in [0.1, 0.15) is 10.1 Å². The van der Waals surface area contributed by atoms with Gasteiger partial charge in [0.25, 0.3) is 0 Å². The van der Waals surface area contributed by atoms with Crippen LogP contribution in [0.1, 0.15) is 128 Å². The summed E-state index contributed by atoms with van der Waals surface area (Å²) in [5.41, 5.74) is 2.33. The molecule has 0 atom stereocenters. The Morgan fingerprint density at radius 1 is 0.629 bits per heavy atom. The molecule has 3 nitrogen and oxygen atoms in total. The molecule has 0 aromatic heterocycles. The molecular formula is C30H47NaO3S. The van der Waals surface area contributed by atoms with E-state index < -0.39 is 10.1 Å². The van der Waals surface area contributed by atoms with Gasteiger partial charge in [-0.05, 0) is 59.7 Å². The summed E-state index contributed by atoms with van der Waals surface area (Å²) in [6.07, 6.45) is 22.1. The zero-order valence-corrected chi connectivity index (χ0v) is 25.6. The van der Waals surface area contributed by atoms with Crippen molar-refractivity contribution in [1.82, 2.24) is 0 Å². The van der Waals surface area contributed by atoms with Crippen LogP contribution in [0.25, 0.3) is 10.8 Å². The average molecular weight is 511 g/mol. The molecule has 0 aliphatic heterocycles. The Morgan fingerprint density at radius 2 is 1.09 bits per heavy atom. The first-order valence-electron chi connectivity index (χ1n) is 14.0. The first-order valence-corrected chi connectivity index (χ1v) is 15.4. The molecule has 5 heteroatoms. The third-order valence-corrected chi connectivity index (χ3v) is 7.82. The van der Waals surface area contributed by atoms with E-state index in [0.29, 0.717) is 0 Å². The molecule has 0 saturated carbocycles. The predicted molar refractivity (Wildman–Crippen MR) is 145 cm³/mol. The van der Waals surface area contributed by atoms with Gasteiger partial charge in [-0.1, -0.05) is 122 Å². The monoisotopic (exact) mass is 510 g/mol. The number of hydrogen-bond donors (Lipinski definition) is 0. The summed E-state index contributed by atoms with van der Waals surface area (Å²) in [4.78, 5) is -0.0844. The van der Waals surface area contributed by atoms with Crippen LogP contribution in [0.3, 0.4) is 0 Å². The molecule has 0 fully saturated rings. The maximum Gasteiger partial charge on any atom is 1.00 e. The third kappa shape index (κ3) is 12.6. The van der Waals surface area contributed by atoms with Crippen LogP contribution >= 0.6 is 0 Å². The van der Waals surface area contributed by atoms with Crippen molar-refractivity contribution < 1.29 is 42.5 Å². The van der Waals surface area contributed by atoms with Crippen LogP contribution in [-0.2, 0) is 23.0 Å². The van der Waals surface area contributed by atoms with Crippen LogP contribution in [0, 0.1) is 0 Å². The van der Waals surface area contributed by atoms with Gasteiger partial charge in [-0.25, -0.2) is 8.42 Å². The van der Waals surface area contributed by atoms with Crippen molar-refractivity contribution in [3.05, 3.63) is 41.5 Å². The predicted octanol–water partition coefficient (Wildman–Crippen LogP) is 6.11. The fourth-order valence-corrected chi connectivity index (χ4v) is 5.58.